The molecule has 1 saturated heterocycles. The lowest BCUT2D eigenvalue weighted by atomic mass is 10.2. The lowest BCUT2D eigenvalue weighted by molar-refractivity contribution is -0.140. The van der Waals surface area contributed by atoms with Crippen molar-refractivity contribution in [2.75, 3.05) is 26.2 Å². The highest BCUT2D eigenvalue weighted by atomic mass is 32.2. The number of rotatable bonds is 4. The number of ether oxygens (including phenoxy) is 1. The Kier molecular flexibility index (Phi) is 5.54. The summed E-state index contributed by atoms with van der Waals surface area (Å²) in [6.45, 7) is 2.27. The van der Waals surface area contributed by atoms with Crippen LogP contribution in [-0.2, 0) is 14.8 Å². The van der Waals surface area contributed by atoms with Crippen LogP contribution in [0, 0.1) is 5.82 Å². The summed E-state index contributed by atoms with van der Waals surface area (Å²) >= 11 is 0. The second-order valence-corrected chi connectivity index (χ2v) is 8.06. The third-order valence-electron chi connectivity index (χ3n) is 3.63. The van der Waals surface area contributed by atoms with Gasteiger partial charge < -0.3 is 19.8 Å². The van der Waals surface area contributed by atoms with Gasteiger partial charge in [-0.15, -0.1) is 0 Å². The maximum atomic E-state index is 14.0. The van der Waals surface area contributed by atoms with Crippen molar-refractivity contribution in [1.82, 2.24) is 9.21 Å². The quantitative estimate of drug-likeness (QED) is 0.725. The Morgan fingerprint density at radius 1 is 1.19 bits per heavy atom. The molecule has 0 unspecified atom stereocenters. The zero-order valence-corrected chi connectivity index (χ0v) is 15.0. The van der Waals surface area contributed by atoms with Crippen molar-refractivity contribution in [3.05, 3.63) is 29.6 Å². The topological polar surface area (TPSA) is 124 Å². The molecule has 0 bridgehead atoms. The van der Waals surface area contributed by atoms with E-state index in [2.05, 4.69) is 0 Å². The number of carboxylic acid groups (broad SMARTS) is 1. The van der Waals surface area contributed by atoms with E-state index in [-0.39, 0.29) is 31.7 Å². The summed E-state index contributed by atoms with van der Waals surface area (Å²) < 4.78 is 44.9. The van der Waals surface area contributed by atoms with Crippen LogP contribution in [0.2, 0.25) is 0 Å². The second-order valence-electron chi connectivity index (χ2n) is 6.16. The molecule has 1 aromatic rings. The fourth-order valence-corrected chi connectivity index (χ4v) is 3.87. The average molecular weight is 390 g/mol. The Morgan fingerprint density at radius 3 is 2.27 bits per heavy atom. The lowest BCUT2D eigenvalue weighted by Crippen LogP contribution is -2.51. The number of carboxylic acids is 1. The molecule has 1 aliphatic rings. The summed E-state index contributed by atoms with van der Waals surface area (Å²) in [6.07, 6.45) is -0.798. The van der Waals surface area contributed by atoms with Crippen LogP contribution in [0.15, 0.2) is 23.1 Å². The van der Waals surface area contributed by atoms with Crippen LogP contribution >= 0.6 is 0 Å². The zero-order chi connectivity index (χ0) is 19.7. The van der Waals surface area contributed by atoms with Gasteiger partial charge >= 0.3 is 12.1 Å². The molecular weight excluding hydrogens is 371 g/mol. The van der Waals surface area contributed by atoms with Gasteiger partial charge in [0.25, 0.3) is 0 Å². The van der Waals surface area contributed by atoms with Gasteiger partial charge in [0.1, 0.15) is 10.7 Å². The number of carbonyl (C=O) groups excluding carboxylic acids is 1. The Labute approximate surface area is 149 Å². The van der Waals surface area contributed by atoms with Gasteiger partial charge in [-0.1, -0.05) is 0 Å². The molecule has 11 heteroatoms. The van der Waals surface area contributed by atoms with E-state index in [4.69, 9.17) is 9.84 Å². The summed E-state index contributed by atoms with van der Waals surface area (Å²) in [5.41, 5.74) is -0.350. The normalized spacial score (nSPS) is 16.4. The number of halogens is 1. The van der Waals surface area contributed by atoms with Crippen LogP contribution in [0.5, 0.6) is 0 Å². The number of amides is 1. The van der Waals surface area contributed by atoms with Crippen molar-refractivity contribution >= 4 is 22.1 Å². The third-order valence-corrected chi connectivity index (χ3v) is 5.54. The molecule has 144 valence electrons. The van der Waals surface area contributed by atoms with Crippen molar-refractivity contribution < 1.29 is 37.3 Å². The van der Waals surface area contributed by atoms with Gasteiger partial charge in [-0.3, -0.25) is 0 Å². The number of benzene rings is 1. The fourth-order valence-electron chi connectivity index (χ4n) is 2.36. The summed E-state index contributed by atoms with van der Waals surface area (Å²) in [5.74, 6) is -4.10. The van der Waals surface area contributed by atoms with Crippen LogP contribution < -0.4 is 0 Å². The number of sulfonamides is 1. The first-order valence-corrected chi connectivity index (χ1v) is 9.09. The fraction of sp³-hybridized carbons (Fsp3) is 0.467. The van der Waals surface area contributed by atoms with Crippen molar-refractivity contribution in [1.29, 1.82) is 0 Å². The molecule has 26 heavy (non-hydrogen) atoms. The SMILES string of the molecule is CC(C)(O)OC(=O)N1CCN(S(=O)(=O)c2cc(C(=O)O)ccc2F)CC1. The first-order valence-electron chi connectivity index (χ1n) is 7.65. The van der Waals surface area contributed by atoms with Crippen molar-refractivity contribution in [2.24, 2.45) is 0 Å². The summed E-state index contributed by atoms with van der Waals surface area (Å²) in [7, 11) is -4.27. The van der Waals surface area contributed by atoms with E-state index in [1.54, 1.807) is 0 Å². The molecule has 0 aromatic heterocycles. The molecule has 0 aliphatic carbocycles. The molecular formula is C15H19FN2O7S. The smallest absolute Gasteiger partial charge is 0.412 e. The standard InChI is InChI=1S/C15H19FN2O7S/c1-15(2,22)25-14(21)17-5-7-18(8-6-17)26(23,24)12-9-10(13(19)20)3-4-11(12)16/h3-4,9,22H,5-8H2,1-2H3,(H,19,20). The first-order chi connectivity index (χ1) is 11.9. The van der Waals surface area contributed by atoms with Crippen molar-refractivity contribution in [3.8, 4) is 0 Å². The summed E-state index contributed by atoms with van der Waals surface area (Å²) in [5, 5.41) is 18.4. The minimum absolute atomic E-state index is 0.0195. The van der Waals surface area contributed by atoms with E-state index < -0.39 is 38.6 Å². The third kappa shape index (κ3) is 4.48. The highest BCUT2D eigenvalue weighted by molar-refractivity contribution is 7.89. The van der Waals surface area contributed by atoms with E-state index in [1.807, 2.05) is 0 Å². The lowest BCUT2D eigenvalue weighted by Gasteiger charge is -2.34. The Balaban J connectivity index is 2.15. The van der Waals surface area contributed by atoms with E-state index in [1.165, 1.54) is 18.7 Å². The van der Waals surface area contributed by atoms with Crippen molar-refractivity contribution in [2.45, 2.75) is 24.5 Å². The number of carbonyl (C=O) groups is 2. The Hall–Kier alpha value is -2.24. The molecule has 2 N–H and O–H groups in total. The van der Waals surface area contributed by atoms with E-state index >= 15 is 0 Å². The maximum absolute atomic E-state index is 14.0. The van der Waals surface area contributed by atoms with Crippen LogP contribution in [0.25, 0.3) is 0 Å². The van der Waals surface area contributed by atoms with Crippen LogP contribution in [-0.4, -0.2) is 71.9 Å². The van der Waals surface area contributed by atoms with Gasteiger partial charge in [0, 0.05) is 40.0 Å². The molecule has 9 nitrogen and oxygen atoms in total. The molecule has 1 aromatic carbocycles. The largest absolute Gasteiger partial charge is 0.478 e. The zero-order valence-electron chi connectivity index (χ0n) is 14.2. The molecule has 0 radical (unpaired) electrons. The van der Waals surface area contributed by atoms with Gasteiger partial charge in [-0.25, -0.2) is 22.4 Å². The molecule has 0 spiro atoms. The summed E-state index contributed by atoms with van der Waals surface area (Å²) in [4.78, 5) is 23.3. The molecule has 1 amide bonds. The Bertz CT molecular complexity index is 812. The van der Waals surface area contributed by atoms with E-state index in [9.17, 15) is 27.5 Å². The van der Waals surface area contributed by atoms with Gasteiger partial charge in [0.2, 0.25) is 15.8 Å². The van der Waals surface area contributed by atoms with E-state index in [0.717, 1.165) is 22.5 Å². The molecule has 0 saturated carbocycles. The number of aliphatic hydroxyl groups is 1. The van der Waals surface area contributed by atoms with Crippen LogP contribution in [0.3, 0.4) is 0 Å². The highest BCUT2D eigenvalue weighted by Crippen LogP contribution is 2.22. The van der Waals surface area contributed by atoms with Gasteiger partial charge in [0.05, 0.1) is 5.56 Å². The molecule has 1 heterocycles. The van der Waals surface area contributed by atoms with Gasteiger partial charge in [-0.2, -0.15) is 4.31 Å². The summed E-state index contributed by atoms with van der Waals surface area (Å²) in [6, 6.07) is 2.52. The molecule has 1 fully saturated rings. The molecule has 0 atom stereocenters. The maximum Gasteiger partial charge on any atom is 0.412 e. The minimum atomic E-state index is -4.27. The van der Waals surface area contributed by atoms with Gasteiger partial charge in [-0.05, 0) is 18.2 Å². The second kappa shape index (κ2) is 7.17. The van der Waals surface area contributed by atoms with Crippen LogP contribution in [0.4, 0.5) is 9.18 Å². The molecule has 2 rings (SSSR count). The monoisotopic (exact) mass is 390 g/mol. The average Bonchev–Trinajstić information content (AvgIpc) is 2.53. The van der Waals surface area contributed by atoms with Crippen molar-refractivity contribution in [3.63, 3.8) is 0 Å². The molecule has 1 aliphatic heterocycles. The number of hydrogen-bond donors (Lipinski definition) is 2. The number of nitrogens with zero attached hydrogens (tertiary/aromatic N) is 2. The van der Waals surface area contributed by atoms with Crippen LogP contribution in [0.1, 0.15) is 24.2 Å². The number of piperazine rings is 1. The Morgan fingerprint density at radius 2 is 1.77 bits per heavy atom. The highest BCUT2D eigenvalue weighted by Gasteiger charge is 2.34. The minimum Gasteiger partial charge on any atom is -0.478 e. The van der Waals surface area contributed by atoms with Gasteiger partial charge in [0.15, 0.2) is 0 Å². The number of aromatic carboxylic acids is 1. The predicted molar refractivity (Wildman–Crippen MR) is 86.5 cm³/mol. The predicted octanol–water partition coefficient (Wildman–Crippen LogP) is 0.695. The number of hydrogen-bond acceptors (Lipinski definition) is 6. The van der Waals surface area contributed by atoms with E-state index in [0.29, 0.717) is 0 Å². The first kappa shape index (κ1) is 20.1.